The van der Waals surface area contributed by atoms with Gasteiger partial charge in [-0.25, -0.2) is 0 Å². The number of hydrogen-bond donors (Lipinski definition) is 0. The highest BCUT2D eigenvalue weighted by molar-refractivity contribution is 6.11. The molecule has 238 valence electrons. The Balaban J connectivity index is 1.20. The fraction of sp³-hybridized carbons (Fsp3) is 0. The molecule has 0 saturated carbocycles. The Morgan fingerprint density at radius 3 is 1.06 bits per heavy atom. The van der Waals surface area contributed by atoms with Crippen LogP contribution in [0.3, 0.4) is 0 Å². The lowest BCUT2D eigenvalue weighted by atomic mass is 9.92. The van der Waals surface area contributed by atoms with Crippen molar-refractivity contribution in [2.24, 2.45) is 0 Å². The van der Waals surface area contributed by atoms with Gasteiger partial charge in [0.15, 0.2) is 11.6 Å². The molecule has 0 spiro atoms. The van der Waals surface area contributed by atoms with Gasteiger partial charge in [0, 0.05) is 33.4 Å². The van der Waals surface area contributed by atoms with Gasteiger partial charge in [0.05, 0.1) is 0 Å². The largest absolute Gasteiger partial charge is 0.457 e. The van der Waals surface area contributed by atoms with Gasteiger partial charge in [-0.15, -0.1) is 0 Å². The Hall–Kier alpha value is -6.78. The van der Waals surface area contributed by atoms with Crippen LogP contribution in [-0.4, -0.2) is 11.6 Å². The lowest BCUT2D eigenvalue weighted by Gasteiger charge is -2.20. The van der Waals surface area contributed by atoms with Gasteiger partial charge in [-0.3, -0.25) is 9.59 Å². The van der Waals surface area contributed by atoms with Gasteiger partial charge in [0.25, 0.3) is 0 Å². The van der Waals surface area contributed by atoms with E-state index in [-0.39, 0.29) is 11.6 Å². The maximum Gasteiger partial charge on any atom is 0.193 e. The second-order valence-corrected chi connectivity index (χ2v) is 12.0. The number of rotatable bonds is 9. The van der Waals surface area contributed by atoms with Crippen molar-refractivity contribution in [2.75, 3.05) is 0 Å². The highest BCUT2D eigenvalue weighted by Crippen LogP contribution is 2.47. The van der Waals surface area contributed by atoms with Gasteiger partial charge < -0.3 is 9.47 Å². The van der Waals surface area contributed by atoms with Crippen LogP contribution in [0.1, 0.15) is 31.8 Å². The van der Waals surface area contributed by atoms with E-state index in [2.05, 4.69) is 36.4 Å². The molecule has 0 N–H and O–H groups in total. The maximum absolute atomic E-state index is 13.1. The van der Waals surface area contributed by atoms with Crippen LogP contribution < -0.4 is 9.47 Å². The van der Waals surface area contributed by atoms with Crippen molar-refractivity contribution < 1.29 is 19.1 Å². The number of carbonyl (C=O) groups is 2. The fourth-order valence-electron chi connectivity index (χ4n) is 6.30. The summed E-state index contributed by atoms with van der Waals surface area (Å²) in [5.41, 5.74) is 4.22. The average Bonchev–Trinajstić information content (AvgIpc) is 3.19. The maximum atomic E-state index is 13.1. The molecule has 4 heteroatoms. The third kappa shape index (κ3) is 6.02. The Bertz CT molecular complexity index is 2310. The third-order valence-electron chi connectivity index (χ3n) is 8.79. The molecule has 0 aliphatic rings. The molecule has 8 aromatic carbocycles. The molecular formula is C46H30O4. The minimum Gasteiger partial charge on any atom is -0.457 e. The lowest BCUT2D eigenvalue weighted by Crippen LogP contribution is -2.01. The van der Waals surface area contributed by atoms with Crippen molar-refractivity contribution in [3.63, 3.8) is 0 Å². The number of ketones is 2. The average molecular weight is 647 g/mol. The van der Waals surface area contributed by atoms with Gasteiger partial charge in [0.1, 0.15) is 23.0 Å². The molecule has 0 aliphatic heterocycles. The van der Waals surface area contributed by atoms with Crippen LogP contribution in [0.15, 0.2) is 182 Å². The van der Waals surface area contributed by atoms with E-state index in [9.17, 15) is 9.59 Å². The summed E-state index contributed by atoms with van der Waals surface area (Å²) in [6, 6.07) is 57.5. The van der Waals surface area contributed by atoms with Gasteiger partial charge in [0.2, 0.25) is 0 Å². The number of ether oxygens (including phenoxy) is 2. The SMILES string of the molecule is O=C(c1ccccc1)c1ccc(Oc2ccc3ccccc3c2-c2c(Oc3ccc(C(=O)c4ccccc4)cc3)ccc3ccccc23)cc1. The highest BCUT2D eigenvalue weighted by atomic mass is 16.5. The smallest absolute Gasteiger partial charge is 0.193 e. The molecule has 0 aromatic heterocycles. The van der Waals surface area contributed by atoms with Crippen LogP contribution in [0.25, 0.3) is 32.7 Å². The minimum atomic E-state index is -0.0430. The molecule has 0 bridgehead atoms. The zero-order chi connectivity index (χ0) is 33.9. The molecule has 0 heterocycles. The lowest BCUT2D eigenvalue weighted by molar-refractivity contribution is 0.103. The Kier molecular flexibility index (Phi) is 8.17. The predicted molar refractivity (Wildman–Crippen MR) is 200 cm³/mol. The van der Waals surface area contributed by atoms with E-state index in [1.165, 1.54) is 0 Å². The number of carbonyl (C=O) groups excluding carboxylic acids is 2. The summed E-state index contributed by atoms with van der Waals surface area (Å²) < 4.78 is 13.3. The molecule has 0 unspecified atom stereocenters. The first-order valence-corrected chi connectivity index (χ1v) is 16.4. The first-order valence-electron chi connectivity index (χ1n) is 16.4. The molecule has 4 nitrogen and oxygen atoms in total. The van der Waals surface area contributed by atoms with E-state index in [0.29, 0.717) is 45.3 Å². The molecule has 0 amide bonds. The summed E-state index contributed by atoms with van der Waals surface area (Å²) in [5.74, 6) is 2.42. The van der Waals surface area contributed by atoms with E-state index >= 15 is 0 Å². The van der Waals surface area contributed by atoms with Crippen molar-refractivity contribution in [2.45, 2.75) is 0 Å². The second-order valence-electron chi connectivity index (χ2n) is 12.0. The van der Waals surface area contributed by atoms with Crippen molar-refractivity contribution >= 4 is 33.1 Å². The van der Waals surface area contributed by atoms with Gasteiger partial charge >= 0.3 is 0 Å². The second kappa shape index (κ2) is 13.4. The molecule has 0 aliphatic carbocycles. The molecule has 8 aromatic rings. The monoisotopic (exact) mass is 646 g/mol. The molecule has 0 radical (unpaired) electrons. The first kappa shape index (κ1) is 30.5. The summed E-state index contributed by atoms with van der Waals surface area (Å²) in [5, 5.41) is 4.12. The van der Waals surface area contributed by atoms with Crippen LogP contribution in [0.4, 0.5) is 0 Å². The van der Waals surface area contributed by atoms with Crippen LogP contribution in [0, 0.1) is 0 Å². The Morgan fingerprint density at radius 1 is 0.320 bits per heavy atom. The number of fused-ring (bicyclic) bond motifs is 2. The quantitative estimate of drug-likeness (QED) is 0.146. The molecule has 8 rings (SSSR count). The fourth-order valence-corrected chi connectivity index (χ4v) is 6.30. The molecular weight excluding hydrogens is 617 g/mol. The summed E-state index contributed by atoms with van der Waals surface area (Å²) in [6.45, 7) is 0. The summed E-state index contributed by atoms with van der Waals surface area (Å²) >= 11 is 0. The first-order chi connectivity index (χ1) is 24.6. The Morgan fingerprint density at radius 2 is 0.660 bits per heavy atom. The molecule has 0 fully saturated rings. The standard InChI is InChI=1S/C46H30O4/c47-45(33-13-3-1-4-14-33)35-19-25-37(26-20-35)49-41-29-23-31-11-7-9-17-39(31)43(41)44-40-18-10-8-12-32(40)24-30-42(44)50-38-27-21-36(22-28-38)46(48)34-15-5-2-6-16-34/h1-30H. The zero-order valence-corrected chi connectivity index (χ0v) is 27.0. The van der Waals surface area contributed by atoms with E-state index in [0.717, 1.165) is 32.7 Å². The van der Waals surface area contributed by atoms with Gasteiger partial charge in [-0.1, -0.05) is 121 Å². The molecule has 0 saturated heterocycles. The minimum absolute atomic E-state index is 0.0430. The third-order valence-corrected chi connectivity index (χ3v) is 8.79. The van der Waals surface area contributed by atoms with Crippen LogP contribution in [-0.2, 0) is 0 Å². The Labute approximate surface area is 289 Å². The summed E-state index contributed by atoms with van der Waals surface area (Å²) in [4.78, 5) is 26.1. The van der Waals surface area contributed by atoms with E-state index in [1.54, 1.807) is 24.3 Å². The van der Waals surface area contributed by atoms with Crippen LogP contribution in [0.5, 0.6) is 23.0 Å². The van der Waals surface area contributed by atoms with E-state index in [1.807, 2.05) is 121 Å². The van der Waals surface area contributed by atoms with Crippen molar-refractivity contribution in [1.82, 2.24) is 0 Å². The van der Waals surface area contributed by atoms with Gasteiger partial charge in [-0.2, -0.15) is 0 Å². The van der Waals surface area contributed by atoms with E-state index in [4.69, 9.17) is 9.47 Å². The van der Waals surface area contributed by atoms with Gasteiger partial charge in [-0.05, 0) is 82.2 Å². The molecule has 50 heavy (non-hydrogen) atoms. The number of benzene rings is 8. The normalized spacial score (nSPS) is 11.0. The van der Waals surface area contributed by atoms with Crippen molar-refractivity contribution in [3.8, 4) is 34.1 Å². The van der Waals surface area contributed by atoms with Crippen molar-refractivity contribution in [3.05, 3.63) is 204 Å². The highest BCUT2D eigenvalue weighted by Gasteiger charge is 2.21. The number of hydrogen-bond acceptors (Lipinski definition) is 4. The summed E-state index contributed by atoms with van der Waals surface area (Å²) in [6.07, 6.45) is 0. The van der Waals surface area contributed by atoms with Crippen molar-refractivity contribution in [1.29, 1.82) is 0 Å². The van der Waals surface area contributed by atoms with E-state index < -0.39 is 0 Å². The molecule has 0 atom stereocenters. The predicted octanol–water partition coefficient (Wildman–Crippen LogP) is 11.7. The zero-order valence-electron chi connectivity index (χ0n) is 27.0. The van der Waals surface area contributed by atoms with Crippen LogP contribution in [0.2, 0.25) is 0 Å². The summed E-state index contributed by atoms with van der Waals surface area (Å²) in [7, 11) is 0. The van der Waals surface area contributed by atoms with Crippen LogP contribution >= 0.6 is 0 Å². The topological polar surface area (TPSA) is 52.6 Å².